The molecule has 0 aliphatic heterocycles. The molecule has 0 bridgehead atoms. The lowest BCUT2D eigenvalue weighted by Gasteiger charge is -2.21. The number of alkyl carbamates (subject to hydrolysis) is 1. The molecule has 0 aromatic heterocycles. The molecule has 158 valence electrons. The van der Waals surface area contributed by atoms with Crippen LogP contribution in [0.2, 0.25) is 0 Å². The molecule has 9 heteroatoms. The van der Waals surface area contributed by atoms with E-state index in [1.165, 1.54) is 0 Å². The molecular formula is C21H22N2O7. The maximum absolute atomic E-state index is 12.6. The molecule has 2 aromatic rings. The number of aliphatic carboxylic acids is 2. The second kappa shape index (κ2) is 11.2. The minimum Gasteiger partial charge on any atom is -0.481 e. The molecule has 2 rings (SSSR count). The lowest BCUT2D eigenvalue weighted by molar-refractivity contribution is -0.147. The zero-order valence-corrected chi connectivity index (χ0v) is 16.0. The number of hydrogen-bond acceptors (Lipinski definition) is 5. The maximum Gasteiger partial charge on any atom is 0.408 e. The zero-order chi connectivity index (χ0) is 21.9. The Kier molecular flexibility index (Phi) is 8.37. The summed E-state index contributed by atoms with van der Waals surface area (Å²) in [5, 5.41) is 22.6. The van der Waals surface area contributed by atoms with E-state index in [2.05, 4.69) is 10.6 Å². The number of amides is 2. The summed E-state index contributed by atoms with van der Waals surface area (Å²) in [5.41, 5.74) is 1.47. The second-order valence-corrected chi connectivity index (χ2v) is 6.45. The molecule has 9 nitrogen and oxygen atoms in total. The van der Waals surface area contributed by atoms with Gasteiger partial charge in [0.2, 0.25) is 5.91 Å². The topological polar surface area (TPSA) is 142 Å². The van der Waals surface area contributed by atoms with Crippen molar-refractivity contribution < 1.29 is 34.1 Å². The van der Waals surface area contributed by atoms with Crippen LogP contribution < -0.4 is 10.6 Å². The van der Waals surface area contributed by atoms with Crippen molar-refractivity contribution in [3.05, 3.63) is 71.8 Å². The van der Waals surface area contributed by atoms with Gasteiger partial charge in [-0.15, -0.1) is 0 Å². The van der Waals surface area contributed by atoms with Gasteiger partial charge in [-0.25, -0.2) is 9.59 Å². The van der Waals surface area contributed by atoms with Gasteiger partial charge in [0, 0.05) is 6.42 Å². The van der Waals surface area contributed by atoms with Crippen LogP contribution in [0.25, 0.3) is 0 Å². The molecule has 0 aliphatic carbocycles. The number of hydrogen-bond donors (Lipinski definition) is 4. The molecule has 2 amide bonds. The highest BCUT2D eigenvalue weighted by Crippen LogP contribution is 2.06. The molecule has 0 radical (unpaired) electrons. The first-order chi connectivity index (χ1) is 14.3. The van der Waals surface area contributed by atoms with Crippen LogP contribution in [-0.2, 0) is 32.1 Å². The fourth-order valence-corrected chi connectivity index (χ4v) is 2.61. The van der Waals surface area contributed by atoms with E-state index in [0.717, 1.165) is 5.56 Å². The molecule has 0 spiro atoms. The van der Waals surface area contributed by atoms with Crippen molar-refractivity contribution >= 4 is 23.9 Å². The summed E-state index contributed by atoms with van der Waals surface area (Å²) >= 11 is 0. The monoisotopic (exact) mass is 414 g/mol. The smallest absolute Gasteiger partial charge is 0.408 e. The first-order valence-corrected chi connectivity index (χ1v) is 9.11. The van der Waals surface area contributed by atoms with E-state index in [-0.39, 0.29) is 13.0 Å². The van der Waals surface area contributed by atoms with Gasteiger partial charge < -0.3 is 25.6 Å². The number of carbonyl (C=O) groups is 4. The molecule has 2 aromatic carbocycles. The van der Waals surface area contributed by atoms with E-state index in [1.807, 2.05) is 6.07 Å². The Morgan fingerprint density at radius 2 is 1.37 bits per heavy atom. The first-order valence-electron chi connectivity index (χ1n) is 9.11. The Balaban J connectivity index is 2.06. The van der Waals surface area contributed by atoms with Gasteiger partial charge in [-0.05, 0) is 11.1 Å². The van der Waals surface area contributed by atoms with Gasteiger partial charge in [0.1, 0.15) is 18.7 Å². The van der Waals surface area contributed by atoms with Crippen LogP contribution >= 0.6 is 0 Å². The molecule has 30 heavy (non-hydrogen) atoms. The Labute approximate surface area is 172 Å². The fourth-order valence-electron chi connectivity index (χ4n) is 2.61. The van der Waals surface area contributed by atoms with Gasteiger partial charge in [-0.3, -0.25) is 9.59 Å². The number of ether oxygens (including phenoxy) is 1. The molecule has 0 aliphatic rings. The summed E-state index contributed by atoms with van der Waals surface area (Å²) in [6.45, 7) is -0.0108. The van der Waals surface area contributed by atoms with Crippen molar-refractivity contribution in [2.24, 2.45) is 0 Å². The highest BCUT2D eigenvalue weighted by Gasteiger charge is 2.28. The van der Waals surface area contributed by atoms with Gasteiger partial charge in [0.25, 0.3) is 0 Å². The molecule has 0 heterocycles. The third-order valence-electron chi connectivity index (χ3n) is 4.10. The number of carboxylic acid groups (broad SMARTS) is 2. The minimum atomic E-state index is -1.63. The van der Waals surface area contributed by atoms with Gasteiger partial charge in [-0.2, -0.15) is 0 Å². The Morgan fingerprint density at radius 1 is 0.800 bits per heavy atom. The second-order valence-electron chi connectivity index (χ2n) is 6.45. The maximum atomic E-state index is 12.6. The first kappa shape index (κ1) is 22.4. The summed E-state index contributed by atoms with van der Waals surface area (Å²) in [6.07, 6.45) is -1.59. The van der Waals surface area contributed by atoms with E-state index in [1.54, 1.807) is 54.6 Å². The minimum absolute atomic E-state index is 0.0108. The number of carbonyl (C=O) groups excluding carboxylic acids is 2. The standard InChI is InChI=1S/C21H22N2O7/c24-18(25)12-17(20(27)28)22-19(26)16(11-14-7-3-1-4-8-14)23-21(29)30-13-15-9-5-2-6-10-15/h1-10,16-17H,11-13H2,(H,22,26)(H,23,29)(H,24,25)(H,27,28)/t16-,17-/m1/s1. The quantitative estimate of drug-likeness (QED) is 0.462. The van der Waals surface area contributed by atoms with Crippen molar-refractivity contribution in [3.8, 4) is 0 Å². The molecule has 2 atom stereocenters. The van der Waals surface area contributed by atoms with Crippen molar-refractivity contribution in [2.45, 2.75) is 31.5 Å². The molecule has 0 saturated carbocycles. The number of benzene rings is 2. The summed E-state index contributed by atoms with van der Waals surface area (Å²) in [5.74, 6) is -3.70. The molecule has 4 N–H and O–H groups in total. The van der Waals surface area contributed by atoms with E-state index in [4.69, 9.17) is 14.9 Å². The van der Waals surface area contributed by atoms with E-state index < -0.39 is 42.4 Å². The predicted molar refractivity (Wildman–Crippen MR) is 106 cm³/mol. The lowest BCUT2D eigenvalue weighted by Crippen LogP contribution is -2.53. The van der Waals surface area contributed by atoms with Gasteiger partial charge >= 0.3 is 18.0 Å². The van der Waals surface area contributed by atoms with Crippen molar-refractivity contribution in [2.75, 3.05) is 0 Å². The Morgan fingerprint density at radius 3 is 1.90 bits per heavy atom. The third-order valence-corrected chi connectivity index (χ3v) is 4.10. The predicted octanol–water partition coefficient (Wildman–Crippen LogP) is 1.57. The van der Waals surface area contributed by atoms with Crippen molar-refractivity contribution in [3.63, 3.8) is 0 Å². The molecule has 0 unspecified atom stereocenters. The lowest BCUT2D eigenvalue weighted by atomic mass is 10.0. The summed E-state index contributed by atoms with van der Waals surface area (Å²) in [7, 11) is 0. The Bertz CT molecular complexity index is 871. The molecule has 0 fully saturated rings. The van der Waals surface area contributed by atoms with Crippen molar-refractivity contribution in [1.82, 2.24) is 10.6 Å². The van der Waals surface area contributed by atoms with Crippen LogP contribution in [-0.4, -0.2) is 46.2 Å². The zero-order valence-electron chi connectivity index (χ0n) is 16.0. The van der Waals surface area contributed by atoms with E-state index >= 15 is 0 Å². The number of nitrogens with one attached hydrogen (secondary N) is 2. The Hall–Kier alpha value is -3.88. The molecule has 0 saturated heterocycles. The average Bonchev–Trinajstić information content (AvgIpc) is 2.72. The fraction of sp³-hybridized carbons (Fsp3) is 0.238. The number of carboxylic acids is 2. The van der Waals surface area contributed by atoms with Crippen LogP contribution in [0.15, 0.2) is 60.7 Å². The normalized spacial score (nSPS) is 12.3. The summed E-state index contributed by atoms with van der Waals surface area (Å²) in [6, 6.07) is 14.9. The highest BCUT2D eigenvalue weighted by molar-refractivity contribution is 5.91. The van der Waals surface area contributed by atoms with Crippen LogP contribution in [0.5, 0.6) is 0 Å². The van der Waals surface area contributed by atoms with Gasteiger partial charge in [-0.1, -0.05) is 60.7 Å². The van der Waals surface area contributed by atoms with E-state index in [0.29, 0.717) is 5.56 Å². The summed E-state index contributed by atoms with van der Waals surface area (Å²) in [4.78, 5) is 46.9. The van der Waals surface area contributed by atoms with Gasteiger partial charge in [0.15, 0.2) is 0 Å². The van der Waals surface area contributed by atoms with Gasteiger partial charge in [0.05, 0.1) is 6.42 Å². The SMILES string of the molecule is O=C(O)C[C@@H](NC(=O)[C@@H](Cc1ccccc1)NC(=O)OCc1ccccc1)C(=O)O. The van der Waals surface area contributed by atoms with E-state index in [9.17, 15) is 19.2 Å². The number of rotatable bonds is 10. The van der Waals surface area contributed by atoms with Crippen LogP contribution in [0, 0.1) is 0 Å². The summed E-state index contributed by atoms with van der Waals surface area (Å²) < 4.78 is 5.12. The van der Waals surface area contributed by atoms with Crippen LogP contribution in [0.3, 0.4) is 0 Å². The molecular weight excluding hydrogens is 392 g/mol. The van der Waals surface area contributed by atoms with Crippen LogP contribution in [0.1, 0.15) is 17.5 Å². The average molecular weight is 414 g/mol. The van der Waals surface area contributed by atoms with Crippen molar-refractivity contribution in [1.29, 1.82) is 0 Å². The largest absolute Gasteiger partial charge is 0.481 e. The highest BCUT2D eigenvalue weighted by atomic mass is 16.5. The van der Waals surface area contributed by atoms with Crippen LogP contribution in [0.4, 0.5) is 4.79 Å². The third kappa shape index (κ3) is 7.63.